The zero-order chi connectivity index (χ0) is 20.1. The molecule has 5 heteroatoms. The molecule has 1 amide bonds. The molecule has 1 heterocycles. The third-order valence-electron chi connectivity index (χ3n) is 5.64. The number of hydrogen-bond donors (Lipinski definition) is 2. The van der Waals surface area contributed by atoms with Gasteiger partial charge in [0.05, 0.1) is 6.61 Å². The maximum Gasteiger partial charge on any atom is 0.253 e. The van der Waals surface area contributed by atoms with Crippen LogP contribution in [0.3, 0.4) is 0 Å². The normalized spacial score (nSPS) is 19.4. The number of hydrogen-bond acceptors (Lipinski definition) is 4. The fourth-order valence-electron chi connectivity index (χ4n) is 3.91. The molecule has 0 bridgehead atoms. The second-order valence-electron chi connectivity index (χ2n) is 7.84. The summed E-state index contributed by atoms with van der Waals surface area (Å²) in [6.07, 6.45) is 0. The van der Waals surface area contributed by atoms with Crippen LogP contribution in [0.1, 0.15) is 15.9 Å². The van der Waals surface area contributed by atoms with E-state index in [0.717, 1.165) is 17.7 Å². The van der Waals surface area contributed by atoms with E-state index in [0.29, 0.717) is 25.2 Å². The Morgan fingerprint density at radius 2 is 1.57 bits per heavy atom. The van der Waals surface area contributed by atoms with Gasteiger partial charge in [-0.05, 0) is 43.1 Å². The van der Waals surface area contributed by atoms with E-state index in [1.54, 1.807) is 0 Å². The predicted molar refractivity (Wildman–Crippen MR) is 111 cm³/mol. The molecule has 0 aromatic heterocycles. The van der Waals surface area contributed by atoms with Crippen molar-refractivity contribution in [2.75, 3.05) is 46.4 Å². The van der Waals surface area contributed by atoms with E-state index in [1.165, 1.54) is 5.56 Å². The van der Waals surface area contributed by atoms with Crippen LogP contribution in [0.4, 0.5) is 0 Å². The second-order valence-corrected chi connectivity index (χ2v) is 7.84. The van der Waals surface area contributed by atoms with Gasteiger partial charge in [0.2, 0.25) is 0 Å². The van der Waals surface area contributed by atoms with Crippen molar-refractivity contribution in [2.24, 2.45) is 11.8 Å². The summed E-state index contributed by atoms with van der Waals surface area (Å²) in [6.45, 7) is 4.84. The van der Waals surface area contributed by atoms with Crippen LogP contribution in [-0.4, -0.2) is 72.4 Å². The summed E-state index contributed by atoms with van der Waals surface area (Å²) in [4.78, 5) is 16.8. The number of likely N-dealkylation sites (N-methyl/N-ethyl adjacent to an activating group) is 1. The third-order valence-corrected chi connectivity index (χ3v) is 5.64. The predicted octanol–water partition coefficient (Wildman–Crippen LogP) is 2.27. The molecule has 1 aliphatic heterocycles. The summed E-state index contributed by atoms with van der Waals surface area (Å²) in [5.74, 6) is 0.315. The molecule has 2 aromatic rings. The highest BCUT2D eigenvalue weighted by Gasteiger charge is 2.35. The van der Waals surface area contributed by atoms with Gasteiger partial charge in [-0.1, -0.05) is 42.0 Å². The Balaban J connectivity index is 1.67. The molecule has 150 valence electrons. The molecule has 2 atom stereocenters. The van der Waals surface area contributed by atoms with Crippen LogP contribution < -0.4 is 0 Å². The Bertz CT molecular complexity index is 773. The average molecular weight is 383 g/mol. The van der Waals surface area contributed by atoms with Crippen molar-refractivity contribution in [1.29, 1.82) is 0 Å². The first kappa shape index (κ1) is 20.5. The van der Waals surface area contributed by atoms with Gasteiger partial charge in [-0.25, -0.2) is 0 Å². The number of carbonyl (C=O) groups excluding carboxylic acids is 1. The van der Waals surface area contributed by atoms with Crippen LogP contribution >= 0.6 is 0 Å². The molecule has 0 saturated carbocycles. The van der Waals surface area contributed by atoms with Crippen LogP contribution in [0.5, 0.6) is 0 Å². The topological polar surface area (TPSA) is 64.0 Å². The van der Waals surface area contributed by atoms with Crippen LogP contribution in [0, 0.1) is 18.8 Å². The van der Waals surface area contributed by atoms with E-state index in [-0.39, 0.29) is 31.0 Å². The van der Waals surface area contributed by atoms with E-state index >= 15 is 0 Å². The van der Waals surface area contributed by atoms with Gasteiger partial charge in [0.1, 0.15) is 0 Å². The van der Waals surface area contributed by atoms with Gasteiger partial charge >= 0.3 is 0 Å². The number of likely N-dealkylation sites (tertiary alicyclic amines) is 1. The van der Waals surface area contributed by atoms with E-state index < -0.39 is 0 Å². The molecule has 5 nitrogen and oxygen atoms in total. The number of amides is 1. The Hall–Kier alpha value is -2.21. The molecule has 3 rings (SSSR count). The largest absolute Gasteiger partial charge is 0.396 e. The maximum atomic E-state index is 12.9. The number of rotatable bonds is 7. The minimum atomic E-state index is 0.0150. The lowest BCUT2D eigenvalue weighted by molar-refractivity contribution is 0.0779. The number of nitrogens with zero attached hydrogens (tertiary/aromatic N) is 2. The summed E-state index contributed by atoms with van der Waals surface area (Å²) in [7, 11) is 1.96. The van der Waals surface area contributed by atoms with Crippen molar-refractivity contribution in [2.45, 2.75) is 6.92 Å². The summed E-state index contributed by atoms with van der Waals surface area (Å²) >= 11 is 0. The smallest absolute Gasteiger partial charge is 0.253 e. The molecule has 1 aliphatic rings. The van der Waals surface area contributed by atoms with E-state index in [1.807, 2.05) is 36.2 Å². The second kappa shape index (κ2) is 9.32. The molecule has 0 radical (unpaired) electrons. The molecule has 0 unspecified atom stereocenters. The summed E-state index contributed by atoms with van der Waals surface area (Å²) in [6, 6.07) is 16.1. The quantitative estimate of drug-likeness (QED) is 0.771. The van der Waals surface area contributed by atoms with Crippen molar-refractivity contribution >= 4 is 5.91 Å². The molecule has 2 N–H and O–H groups in total. The van der Waals surface area contributed by atoms with Gasteiger partial charge < -0.3 is 20.0 Å². The highest BCUT2D eigenvalue weighted by molar-refractivity contribution is 5.95. The fraction of sp³-hybridized carbons (Fsp3) is 0.435. The van der Waals surface area contributed by atoms with Gasteiger partial charge in [-0.15, -0.1) is 0 Å². The molecule has 1 saturated heterocycles. The highest BCUT2D eigenvalue weighted by Crippen LogP contribution is 2.26. The van der Waals surface area contributed by atoms with Crippen molar-refractivity contribution in [3.05, 3.63) is 59.7 Å². The monoisotopic (exact) mass is 382 g/mol. The van der Waals surface area contributed by atoms with Gasteiger partial charge in [0, 0.05) is 44.3 Å². The first-order valence-electron chi connectivity index (χ1n) is 9.88. The first-order valence-corrected chi connectivity index (χ1v) is 9.88. The summed E-state index contributed by atoms with van der Waals surface area (Å²) in [5, 5.41) is 18.8. The van der Waals surface area contributed by atoms with Crippen LogP contribution in [-0.2, 0) is 0 Å². The Kier molecular flexibility index (Phi) is 6.83. The third kappa shape index (κ3) is 4.79. The first-order chi connectivity index (χ1) is 13.5. The zero-order valence-electron chi connectivity index (χ0n) is 16.7. The number of benzene rings is 2. The van der Waals surface area contributed by atoms with Crippen LogP contribution in [0.25, 0.3) is 11.1 Å². The molecule has 0 spiro atoms. The standard InChI is InChI=1S/C23H30N2O3/c1-17-3-5-18(6-4-17)19-7-9-20(10-8-19)23(28)25-14-21(22(15-25)16-27)13-24(2)11-12-26/h3-10,21-22,26-27H,11-16H2,1-2H3/t21-,22-/m1/s1. The molecule has 1 fully saturated rings. The highest BCUT2D eigenvalue weighted by atomic mass is 16.3. The maximum absolute atomic E-state index is 12.9. The minimum Gasteiger partial charge on any atom is -0.396 e. The molecular weight excluding hydrogens is 352 g/mol. The minimum absolute atomic E-state index is 0.0150. The average Bonchev–Trinajstić information content (AvgIpc) is 3.11. The van der Waals surface area contributed by atoms with Crippen molar-refractivity contribution in [1.82, 2.24) is 9.80 Å². The Morgan fingerprint density at radius 3 is 2.14 bits per heavy atom. The number of aliphatic hydroxyl groups excluding tert-OH is 2. The Labute approximate surface area is 167 Å². The Morgan fingerprint density at radius 1 is 1.00 bits per heavy atom. The zero-order valence-corrected chi connectivity index (χ0v) is 16.7. The molecule has 28 heavy (non-hydrogen) atoms. The van der Waals surface area contributed by atoms with Crippen molar-refractivity contribution in [3.63, 3.8) is 0 Å². The van der Waals surface area contributed by atoms with Crippen molar-refractivity contribution in [3.8, 4) is 11.1 Å². The number of aliphatic hydroxyl groups is 2. The summed E-state index contributed by atoms with van der Waals surface area (Å²) in [5.41, 5.74) is 4.13. The van der Waals surface area contributed by atoms with Crippen LogP contribution in [0.15, 0.2) is 48.5 Å². The lowest BCUT2D eigenvalue weighted by atomic mass is 9.96. The van der Waals surface area contributed by atoms with Gasteiger partial charge in [-0.3, -0.25) is 4.79 Å². The van der Waals surface area contributed by atoms with E-state index in [4.69, 9.17) is 5.11 Å². The van der Waals surface area contributed by atoms with Crippen LogP contribution in [0.2, 0.25) is 0 Å². The van der Waals surface area contributed by atoms with E-state index in [2.05, 4.69) is 36.1 Å². The van der Waals surface area contributed by atoms with E-state index in [9.17, 15) is 9.90 Å². The molecule has 0 aliphatic carbocycles. The lowest BCUT2D eigenvalue weighted by Gasteiger charge is -2.23. The SMILES string of the molecule is Cc1ccc(-c2ccc(C(=O)N3C[C@@H](CN(C)CCO)[C@@H](CO)C3)cc2)cc1. The van der Waals surface area contributed by atoms with Crippen molar-refractivity contribution < 1.29 is 15.0 Å². The van der Waals surface area contributed by atoms with Gasteiger partial charge in [0.15, 0.2) is 0 Å². The lowest BCUT2D eigenvalue weighted by Crippen LogP contribution is -2.33. The fourth-order valence-corrected chi connectivity index (χ4v) is 3.91. The van der Waals surface area contributed by atoms with Gasteiger partial charge in [0.25, 0.3) is 5.91 Å². The summed E-state index contributed by atoms with van der Waals surface area (Å²) < 4.78 is 0. The molecular formula is C23H30N2O3. The van der Waals surface area contributed by atoms with Gasteiger partial charge in [-0.2, -0.15) is 0 Å². The number of aryl methyl sites for hydroxylation is 1. The molecule has 2 aromatic carbocycles. The number of carbonyl (C=O) groups is 1.